The number of rotatable bonds is 4. The summed E-state index contributed by atoms with van der Waals surface area (Å²) in [4.78, 5) is 39.0. The Morgan fingerprint density at radius 1 is 1.10 bits per heavy atom. The van der Waals surface area contributed by atoms with E-state index in [0.717, 1.165) is 10.5 Å². The number of benzene rings is 2. The van der Waals surface area contributed by atoms with Crippen molar-refractivity contribution in [1.82, 2.24) is 10.2 Å². The number of hydrogen-bond acceptors (Lipinski definition) is 3. The second kappa shape index (κ2) is 7.52. The van der Waals surface area contributed by atoms with Gasteiger partial charge < -0.3 is 10.6 Å². The summed E-state index contributed by atoms with van der Waals surface area (Å²) in [5.74, 6) is -0.922. The Labute approximate surface area is 175 Å². The molecule has 1 atom stereocenters. The van der Waals surface area contributed by atoms with Gasteiger partial charge >= 0.3 is 6.03 Å². The van der Waals surface area contributed by atoms with Crippen molar-refractivity contribution in [2.75, 3.05) is 11.9 Å². The molecule has 0 bridgehead atoms. The normalized spacial score (nSPS) is 19.3. The van der Waals surface area contributed by atoms with E-state index >= 15 is 0 Å². The second-order valence-corrected chi connectivity index (χ2v) is 8.73. The molecule has 0 spiro atoms. The van der Waals surface area contributed by atoms with Crippen molar-refractivity contribution in [3.05, 3.63) is 64.7 Å². The number of imide groups is 1. The van der Waals surface area contributed by atoms with E-state index in [9.17, 15) is 14.4 Å². The van der Waals surface area contributed by atoms with Gasteiger partial charge in [0.1, 0.15) is 12.1 Å². The van der Waals surface area contributed by atoms with E-state index in [1.54, 1.807) is 31.2 Å². The monoisotopic (exact) mass is 413 g/mol. The zero-order valence-corrected chi connectivity index (χ0v) is 17.6. The molecule has 0 aromatic heterocycles. The van der Waals surface area contributed by atoms with Crippen LogP contribution in [-0.4, -0.2) is 29.3 Å². The van der Waals surface area contributed by atoms with Crippen LogP contribution in [0.1, 0.15) is 38.8 Å². The topological polar surface area (TPSA) is 78.5 Å². The van der Waals surface area contributed by atoms with Gasteiger partial charge in [0.2, 0.25) is 5.91 Å². The van der Waals surface area contributed by atoms with Crippen molar-refractivity contribution in [2.45, 2.75) is 38.6 Å². The van der Waals surface area contributed by atoms with Crippen molar-refractivity contribution >= 4 is 35.1 Å². The van der Waals surface area contributed by atoms with Crippen molar-refractivity contribution in [3.8, 4) is 0 Å². The molecule has 1 heterocycles. The Bertz CT molecular complexity index is 966. The Morgan fingerprint density at radius 3 is 2.34 bits per heavy atom. The number of nitrogens with one attached hydrogen (secondary N) is 2. The van der Waals surface area contributed by atoms with Gasteiger partial charge in [-0.2, -0.15) is 0 Å². The summed E-state index contributed by atoms with van der Waals surface area (Å²) in [5.41, 5.74) is 0.818. The van der Waals surface area contributed by atoms with Crippen LogP contribution < -0.4 is 10.6 Å². The average Bonchev–Trinajstić information content (AvgIpc) is 2.86. The highest BCUT2D eigenvalue weighted by molar-refractivity contribution is 6.30. The van der Waals surface area contributed by atoms with Crippen molar-refractivity contribution < 1.29 is 14.4 Å². The molecule has 1 aliphatic rings. The summed E-state index contributed by atoms with van der Waals surface area (Å²) in [5, 5.41) is 6.04. The third kappa shape index (κ3) is 4.12. The van der Waals surface area contributed by atoms with Gasteiger partial charge in [0.05, 0.1) is 0 Å². The number of para-hydroxylation sites is 1. The third-order valence-electron chi connectivity index (χ3n) is 5.01. The molecule has 29 heavy (non-hydrogen) atoms. The van der Waals surface area contributed by atoms with Crippen LogP contribution in [0.5, 0.6) is 0 Å². The van der Waals surface area contributed by atoms with E-state index in [-0.39, 0.29) is 12.0 Å². The fourth-order valence-corrected chi connectivity index (χ4v) is 3.52. The predicted molar refractivity (Wildman–Crippen MR) is 113 cm³/mol. The molecule has 1 aliphatic heterocycles. The highest BCUT2D eigenvalue weighted by Gasteiger charge is 2.49. The standard InChI is InChI=1S/C22H24ClN3O3/c1-21(2,3)16-7-5-6-8-17(16)24-18(27)13-26-19(28)22(4,25-20(26)29)14-9-11-15(23)12-10-14/h5-12H,13H2,1-4H3,(H,24,27)(H,25,29). The first-order chi connectivity index (χ1) is 13.5. The molecule has 152 valence electrons. The molecule has 2 aromatic rings. The van der Waals surface area contributed by atoms with Gasteiger partial charge in [-0.1, -0.05) is 62.7 Å². The maximum Gasteiger partial charge on any atom is 0.325 e. The first-order valence-electron chi connectivity index (χ1n) is 9.32. The number of anilines is 1. The van der Waals surface area contributed by atoms with Crippen LogP contribution in [0, 0.1) is 0 Å². The summed E-state index contributed by atoms with van der Waals surface area (Å²) < 4.78 is 0. The van der Waals surface area contributed by atoms with Crippen LogP contribution in [0.2, 0.25) is 5.02 Å². The lowest BCUT2D eigenvalue weighted by atomic mass is 9.86. The number of carbonyl (C=O) groups is 3. The Balaban J connectivity index is 1.77. The first-order valence-corrected chi connectivity index (χ1v) is 9.70. The summed E-state index contributed by atoms with van der Waals surface area (Å²) in [7, 11) is 0. The quantitative estimate of drug-likeness (QED) is 0.742. The SMILES string of the molecule is CC(C)(C)c1ccccc1NC(=O)CN1C(=O)NC(C)(c2ccc(Cl)cc2)C1=O. The summed E-state index contributed by atoms with van der Waals surface area (Å²) in [6, 6.07) is 13.6. The van der Waals surface area contributed by atoms with Crippen LogP contribution >= 0.6 is 11.6 Å². The van der Waals surface area contributed by atoms with E-state index in [2.05, 4.69) is 10.6 Å². The van der Waals surface area contributed by atoms with Crippen molar-refractivity contribution in [3.63, 3.8) is 0 Å². The average molecular weight is 414 g/mol. The fourth-order valence-electron chi connectivity index (χ4n) is 3.40. The van der Waals surface area contributed by atoms with Crippen molar-refractivity contribution in [2.24, 2.45) is 0 Å². The van der Waals surface area contributed by atoms with Crippen LogP contribution in [0.15, 0.2) is 48.5 Å². The molecular weight excluding hydrogens is 390 g/mol. The van der Waals surface area contributed by atoms with Crippen molar-refractivity contribution in [1.29, 1.82) is 0 Å². The number of urea groups is 1. The molecular formula is C22H24ClN3O3. The predicted octanol–water partition coefficient (Wildman–Crippen LogP) is 4.04. The first kappa shape index (κ1) is 20.9. The van der Waals surface area contributed by atoms with Crippen LogP contribution in [-0.2, 0) is 20.5 Å². The molecule has 2 N–H and O–H groups in total. The molecule has 0 radical (unpaired) electrons. The molecule has 4 amide bonds. The molecule has 3 rings (SSSR count). The lowest BCUT2D eigenvalue weighted by Crippen LogP contribution is -2.42. The Hall–Kier alpha value is -2.86. The van der Waals surface area contributed by atoms with E-state index in [0.29, 0.717) is 16.3 Å². The maximum atomic E-state index is 13.0. The van der Waals surface area contributed by atoms with Gasteiger partial charge in [0.15, 0.2) is 0 Å². The second-order valence-electron chi connectivity index (χ2n) is 8.30. The number of hydrogen-bond donors (Lipinski definition) is 2. The lowest BCUT2D eigenvalue weighted by Gasteiger charge is -2.24. The van der Waals surface area contributed by atoms with E-state index in [4.69, 9.17) is 11.6 Å². The largest absolute Gasteiger partial charge is 0.325 e. The molecule has 1 unspecified atom stereocenters. The molecule has 6 nitrogen and oxygen atoms in total. The minimum Gasteiger partial charge on any atom is -0.324 e. The number of halogens is 1. The van der Waals surface area contributed by atoms with E-state index < -0.39 is 23.4 Å². The summed E-state index contributed by atoms with van der Waals surface area (Å²) in [6.45, 7) is 7.39. The van der Waals surface area contributed by atoms with Gasteiger partial charge in [0.25, 0.3) is 5.91 Å². The van der Waals surface area contributed by atoms with Gasteiger partial charge in [-0.05, 0) is 41.7 Å². The van der Waals surface area contributed by atoms with Gasteiger partial charge in [-0.15, -0.1) is 0 Å². The Kier molecular flexibility index (Phi) is 5.41. The lowest BCUT2D eigenvalue weighted by molar-refractivity contribution is -0.133. The van der Waals surface area contributed by atoms with E-state index in [1.165, 1.54) is 0 Å². The zero-order chi connectivity index (χ0) is 21.4. The van der Waals surface area contributed by atoms with Gasteiger partial charge in [0, 0.05) is 10.7 Å². The number of nitrogens with zero attached hydrogens (tertiary/aromatic N) is 1. The van der Waals surface area contributed by atoms with Crippen LogP contribution in [0.3, 0.4) is 0 Å². The zero-order valence-electron chi connectivity index (χ0n) is 16.9. The number of amides is 4. The smallest absolute Gasteiger partial charge is 0.324 e. The van der Waals surface area contributed by atoms with E-state index in [1.807, 2.05) is 45.0 Å². The minimum atomic E-state index is -1.24. The molecule has 0 aliphatic carbocycles. The maximum absolute atomic E-state index is 13.0. The minimum absolute atomic E-state index is 0.169. The molecule has 7 heteroatoms. The number of carbonyl (C=O) groups excluding carboxylic acids is 3. The molecule has 1 saturated heterocycles. The fraction of sp³-hybridized carbons (Fsp3) is 0.318. The van der Waals surface area contributed by atoms with Crippen LogP contribution in [0.4, 0.5) is 10.5 Å². The van der Waals surface area contributed by atoms with Gasteiger partial charge in [-0.3, -0.25) is 14.5 Å². The Morgan fingerprint density at radius 2 is 1.72 bits per heavy atom. The van der Waals surface area contributed by atoms with Crippen LogP contribution in [0.25, 0.3) is 0 Å². The summed E-state index contributed by atoms with van der Waals surface area (Å²) >= 11 is 5.91. The third-order valence-corrected chi connectivity index (χ3v) is 5.26. The van der Waals surface area contributed by atoms with Gasteiger partial charge in [-0.25, -0.2) is 4.79 Å². The molecule has 1 fully saturated rings. The highest BCUT2D eigenvalue weighted by Crippen LogP contribution is 2.31. The molecule has 0 saturated carbocycles. The summed E-state index contributed by atoms with van der Waals surface area (Å²) in [6.07, 6.45) is 0. The molecule has 2 aromatic carbocycles. The highest BCUT2D eigenvalue weighted by atomic mass is 35.5.